The van der Waals surface area contributed by atoms with Gasteiger partial charge in [0.15, 0.2) is 0 Å². The molecule has 0 aliphatic rings. The lowest BCUT2D eigenvalue weighted by Gasteiger charge is -2.03. The van der Waals surface area contributed by atoms with Crippen molar-refractivity contribution in [3.8, 4) is 0 Å². The predicted octanol–water partition coefficient (Wildman–Crippen LogP) is 1.19. The maximum atomic E-state index is 12.7. The number of hydrogen-bond donors (Lipinski definition) is 1. The highest BCUT2D eigenvalue weighted by Crippen LogP contribution is 2.14. The molecule has 1 heterocycles. The fourth-order valence-corrected chi connectivity index (χ4v) is 0.736. The van der Waals surface area contributed by atoms with Crippen molar-refractivity contribution >= 4 is 0 Å². The Morgan fingerprint density at radius 2 is 2.27 bits per heavy atom. The number of aromatic nitrogens is 1. The van der Waals surface area contributed by atoms with Crippen LogP contribution in [0.3, 0.4) is 0 Å². The van der Waals surface area contributed by atoms with Crippen molar-refractivity contribution in [3.05, 3.63) is 29.8 Å². The van der Waals surface area contributed by atoms with Crippen molar-refractivity contribution in [3.63, 3.8) is 0 Å². The first-order chi connectivity index (χ1) is 5.24. The summed E-state index contributed by atoms with van der Waals surface area (Å²) in [4.78, 5) is 3.48. The summed E-state index contributed by atoms with van der Waals surface area (Å²) in [5, 5.41) is 0. The lowest BCUT2D eigenvalue weighted by Crippen LogP contribution is -2.08. The minimum atomic E-state index is -1.32. The van der Waals surface area contributed by atoms with E-state index in [-0.39, 0.29) is 12.1 Å². The van der Waals surface area contributed by atoms with E-state index in [1.54, 1.807) is 0 Å². The third-order valence-corrected chi connectivity index (χ3v) is 1.29. The summed E-state index contributed by atoms with van der Waals surface area (Å²) in [5.41, 5.74) is 5.22. The molecule has 11 heavy (non-hydrogen) atoms. The molecule has 0 amide bonds. The van der Waals surface area contributed by atoms with Gasteiger partial charge in [0.25, 0.3) is 0 Å². The minimum absolute atomic E-state index is 0.148. The molecule has 0 bridgehead atoms. The molecule has 1 aromatic heterocycles. The van der Waals surface area contributed by atoms with E-state index in [0.717, 1.165) is 12.3 Å². The average Bonchev–Trinajstić information content (AvgIpc) is 2.03. The largest absolute Gasteiger partial charge is 0.327 e. The molecule has 0 fully saturated rings. The molecule has 4 heteroatoms. The van der Waals surface area contributed by atoms with Gasteiger partial charge in [0.1, 0.15) is 12.0 Å². The number of alkyl halides is 1. The van der Waals surface area contributed by atoms with E-state index in [1.807, 2.05) is 0 Å². The second-order valence-corrected chi connectivity index (χ2v) is 2.14. The van der Waals surface area contributed by atoms with E-state index in [0.29, 0.717) is 0 Å². The van der Waals surface area contributed by atoms with Crippen molar-refractivity contribution in [1.29, 1.82) is 0 Å². The van der Waals surface area contributed by atoms with Gasteiger partial charge in [-0.2, -0.15) is 0 Å². The van der Waals surface area contributed by atoms with Crippen molar-refractivity contribution < 1.29 is 8.78 Å². The first-order valence-electron chi connectivity index (χ1n) is 3.18. The van der Waals surface area contributed by atoms with Crippen molar-refractivity contribution in [2.24, 2.45) is 5.73 Å². The molecule has 0 saturated heterocycles. The van der Waals surface area contributed by atoms with E-state index < -0.39 is 12.0 Å². The third kappa shape index (κ3) is 1.94. The van der Waals surface area contributed by atoms with Crippen LogP contribution in [0.15, 0.2) is 18.5 Å². The summed E-state index contributed by atoms with van der Waals surface area (Å²) >= 11 is 0. The zero-order chi connectivity index (χ0) is 8.27. The monoisotopic (exact) mass is 158 g/mol. The highest BCUT2D eigenvalue weighted by molar-refractivity contribution is 5.13. The fraction of sp³-hybridized carbons (Fsp3) is 0.286. The van der Waals surface area contributed by atoms with Crippen LogP contribution in [-0.2, 0) is 0 Å². The molecular formula is C7H8F2N2. The summed E-state index contributed by atoms with van der Waals surface area (Å²) in [6.07, 6.45) is 0.964. The van der Waals surface area contributed by atoms with Gasteiger partial charge >= 0.3 is 0 Å². The SMILES string of the molecule is NCC(F)c1cncc(F)c1. The molecule has 2 N–H and O–H groups in total. The number of halogens is 2. The number of nitrogens with zero attached hydrogens (tertiary/aromatic N) is 1. The summed E-state index contributed by atoms with van der Waals surface area (Å²) in [6, 6.07) is 1.09. The van der Waals surface area contributed by atoms with Crippen LogP contribution in [0, 0.1) is 5.82 Å². The molecule has 1 atom stereocenters. The van der Waals surface area contributed by atoms with Gasteiger partial charge in [0.05, 0.1) is 6.20 Å². The molecule has 0 spiro atoms. The van der Waals surface area contributed by atoms with Gasteiger partial charge in [-0.25, -0.2) is 8.78 Å². The molecule has 1 aromatic rings. The van der Waals surface area contributed by atoms with Crippen molar-refractivity contribution in [2.45, 2.75) is 6.17 Å². The third-order valence-electron chi connectivity index (χ3n) is 1.29. The van der Waals surface area contributed by atoms with Gasteiger partial charge in [-0.15, -0.1) is 0 Å². The zero-order valence-corrected chi connectivity index (χ0v) is 5.80. The normalized spacial score (nSPS) is 13.0. The molecule has 2 nitrogen and oxygen atoms in total. The first-order valence-corrected chi connectivity index (χ1v) is 3.18. The molecular weight excluding hydrogens is 150 g/mol. The lowest BCUT2D eigenvalue weighted by atomic mass is 10.2. The van der Waals surface area contributed by atoms with Crippen LogP contribution in [0.1, 0.15) is 11.7 Å². The summed E-state index contributed by atoms with van der Waals surface area (Å²) in [6.45, 7) is -0.148. The van der Waals surface area contributed by atoms with Gasteiger partial charge < -0.3 is 5.73 Å². The Morgan fingerprint density at radius 3 is 2.82 bits per heavy atom. The Balaban J connectivity index is 2.86. The zero-order valence-electron chi connectivity index (χ0n) is 5.80. The highest BCUT2D eigenvalue weighted by Gasteiger charge is 2.07. The van der Waals surface area contributed by atoms with Gasteiger partial charge in [0, 0.05) is 18.3 Å². The van der Waals surface area contributed by atoms with Crippen LogP contribution in [0.25, 0.3) is 0 Å². The molecule has 60 valence electrons. The maximum absolute atomic E-state index is 12.7. The van der Waals surface area contributed by atoms with Crippen LogP contribution in [0.5, 0.6) is 0 Å². The average molecular weight is 158 g/mol. The maximum Gasteiger partial charge on any atom is 0.141 e. The van der Waals surface area contributed by atoms with E-state index in [4.69, 9.17) is 5.73 Å². The summed E-state index contributed by atoms with van der Waals surface area (Å²) in [7, 11) is 0. The second kappa shape index (κ2) is 3.39. The van der Waals surface area contributed by atoms with Crippen molar-refractivity contribution in [2.75, 3.05) is 6.54 Å². The topological polar surface area (TPSA) is 38.9 Å². The van der Waals surface area contributed by atoms with Gasteiger partial charge in [0.2, 0.25) is 0 Å². The number of rotatable bonds is 2. The van der Waals surface area contributed by atoms with Gasteiger partial charge in [-0.3, -0.25) is 4.98 Å². The Labute approximate surface area is 63.1 Å². The molecule has 1 unspecified atom stereocenters. The molecule has 0 aromatic carbocycles. The lowest BCUT2D eigenvalue weighted by molar-refractivity contribution is 0.350. The second-order valence-electron chi connectivity index (χ2n) is 2.14. The quantitative estimate of drug-likeness (QED) is 0.702. The van der Waals surface area contributed by atoms with E-state index in [1.165, 1.54) is 6.20 Å². The van der Waals surface area contributed by atoms with Gasteiger partial charge in [-0.1, -0.05) is 0 Å². The number of hydrogen-bond acceptors (Lipinski definition) is 2. The Hall–Kier alpha value is -1.03. The van der Waals surface area contributed by atoms with E-state index in [9.17, 15) is 8.78 Å². The summed E-state index contributed by atoms with van der Waals surface area (Å²) < 4.78 is 25.1. The molecule has 1 rings (SSSR count). The van der Waals surface area contributed by atoms with Crippen molar-refractivity contribution in [1.82, 2.24) is 4.98 Å². The van der Waals surface area contributed by atoms with Crippen LogP contribution >= 0.6 is 0 Å². The van der Waals surface area contributed by atoms with Crippen LogP contribution in [0.4, 0.5) is 8.78 Å². The number of nitrogens with two attached hydrogens (primary N) is 1. The Kier molecular flexibility index (Phi) is 2.48. The first kappa shape index (κ1) is 8.07. The smallest absolute Gasteiger partial charge is 0.141 e. The van der Waals surface area contributed by atoms with E-state index >= 15 is 0 Å². The van der Waals surface area contributed by atoms with E-state index in [2.05, 4.69) is 4.98 Å². The Bertz CT molecular complexity index is 240. The molecule has 0 saturated carbocycles. The van der Waals surface area contributed by atoms with Crippen LogP contribution in [0.2, 0.25) is 0 Å². The molecule has 0 radical (unpaired) electrons. The van der Waals surface area contributed by atoms with Crippen LogP contribution < -0.4 is 5.73 Å². The predicted molar refractivity (Wildman–Crippen MR) is 37.1 cm³/mol. The molecule has 0 aliphatic carbocycles. The Morgan fingerprint density at radius 1 is 1.55 bits per heavy atom. The fourth-order valence-electron chi connectivity index (χ4n) is 0.736. The standard InChI is InChI=1S/C7H8F2N2/c8-6-1-5(3-11-4-6)7(9)2-10/h1,3-4,7H,2,10H2. The molecule has 0 aliphatic heterocycles. The minimum Gasteiger partial charge on any atom is -0.327 e. The summed E-state index contributed by atoms with van der Waals surface area (Å²) in [5.74, 6) is -0.543. The van der Waals surface area contributed by atoms with Gasteiger partial charge in [-0.05, 0) is 6.07 Å². The highest BCUT2D eigenvalue weighted by atomic mass is 19.1. The van der Waals surface area contributed by atoms with Crippen LogP contribution in [-0.4, -0.2) is 11.5 Å². The number of pyridine rings is 1.